The van der Waals surface area contributed by atoms with Gasteiger partial charge in [-0.25, -0.2) is 0 Å². The van der Waals surface area contributed by atoms with Gasteiger partial charge in [-0.05, 0) is 42.5 Å². The molecule has 0 bridgehead atoms. The van der Waals surface area contributed by atoms with E-state index in [2.05, 4.69) is 20.3 Å². The molecule has 33 heavy (non-hydrogen) atoms. The topological polar surface area (TPSA) is 226 Å². The quantitative estimate of drug-likeness (QED) is 0.192. The van der Waals surface area contributed by atoms with Crippen LogP contribution in [0, 0.1) is 0 Å². The predicted octanol–water partition coefficient (Wildman–Crippen LogP) is -4.49. The molecule has 3 rings (SSSR count). The van der Waals surface area contributed by atoms with Crippen molar-refractivity contribution in [2.45, 2.75) is 31.7 Å². The van der Waals surface area contributed by atoms with E-state index in [1.165, 1.54) is 0 Å². The zero-order valence-corrected chi connectivity index (χ0v) is 19.8. The smallest absolute Gasteiger partial charge is 0.548 e. The fourth-order valence-corrected chi connectivity index (χ4v) is 3.18. The molecule has 1 amide bonds. The van der Waals surface area contributed by atoms with Crippen LogP contribution >= 0.6 is 0 Å². The fourth-order valence-electron chi connectivity index (χ4n) is 3.18. The molecule has 0 aliphatic rings. The van der Waals surface area contributed by atoms with Crippen LogP contribution in [0.3, 0.4) is 0 Å². The molecule has 8 N–H and O–H groups in total. The number of aromatic amines is 2. The number of H-pyrrole nitrogens is 2. The minimum absolute atomic E-state index is 0. The third-order valence-corrected chi connectivity index (χ3v) is 4.78. The van der Waals surface area contributed by atoms with Gasteiger partial charge >= 0.3 is 35.5 Å². The number of rotatable bonds is 9. The number of carbonyl (C=O) groups excluding carboxylic acids is 2. The van der Waals surface area contributed by atoms with E-state index in [0.717, 1.165) is 11.1 Å². The van der Waals surface area contributed by atoms with E-state index >= 15 is 0 Å². The van der Waals surface area contributed by atoms with Gasteiger partial charge in [0.15, 0.2) is 0 Å². The van der Waals surface area contributed by atoms with E-state index in [-0.39, 0.29) is 58.5 Å². The van der Waals surface area contributed by atoms with Gasteiger partial charge in [0.25, 0.3) is 11.5 Å². The van der Waals surface area contributed by atoms with E-state index in [4.69, 9.17) is 10.8 Å². The number of benzene rings is 1. The van der Waals surface area contributed by atoms with Gasteiger partial charge in [0.2, 0.25) is 5.95 Å². The molecule has 1 aromatic carbocycles. The van der Waals surface area contributed by atoms with E-state index in [0.29, 0.717) is 23.9 Å². The number of fused-ring (bicyclic) bond motifs is 1. The summed E-state index contributed by atoms with van der Waals surface area (Å²) in [5.41, 5.74) is 7.53. The van der Waals surface area contributed by atoms with Crippen molar-refractivity contribution in [1.29, 1.82) is 0 Å². The Balaban J connectivity index is 0.00000272. The van der Waals surface area contributed by atoms with Gasteiger partial charge in [-0.3, -0.25) is 19.4 Å². The molecule has 1 unspecified atom stereocenters. The van der Waals surface area contributed by atoms with Crippen LogP contribution in [0.15, 0.2) is 35.3 Å². The van der Waals surface area contributed by atoms with Gasteiger partial charge in [0, 0.05) is 18.2 Å². The number of hydrogen-bond acceptors (Lipinski definition) is 7. The summed E-state index contributed by atoms with van der Waals surface area (Å²) in [4.78, 5) is 55.5. The molecule has 2 heterocycles. The average molecular weight is 467 g/mol. The van der Waals surface area contributed by atoms with Crippen molar-refractivity contribution >= 4 is 34.8 Å². The molecule has 0 spiro atoms. The van der Waals surface area contributed by atoms with Crippen molar-refractivity contribution < 1.29 is 59.6 Å². The monoisotopic (exact) mass is 467 g/mol. The maximum Gasteiger partial charge on any atom is 1.00 e. The second-order valence-corrected chi connectivity index (χ2v) is 6.96. The molecule has 0 fully saturated rings. The maximum absolute atomic E-state index is 12.3. The number of anilines is 1. The summed E-state index contributed by atoms with van der Waals surface area (Å²) in [6, 6.07) is 5.12. The van der Waals surface area contributed by atoms with Gasteiger partial charge < -0.3 is 36.5 Å². The molecule has 12 nitrogen and oxygen atoms in total. The first-order valence-electron chi connectivity index (χ1n) is 9.43. The first-order chi connectivity index (χ1) is 14.7. The summed E-state index contributed by atoms with van der Waals surface area (Å²) in [5.74, 6) is -3.32. The summed E-state index contributed by atoms with van der Waals surface area (Å²) in [5, 5.41) is 22.5. The first-order valence-corrected chi connectivity index (χ1v) is 9.43. The number of aryl methyl sites for hydroxylation is 2. The molecule has 0 aliphatic carbocycles. The molecule has 13 heteroatoms. The molecule has 3 aromatic rings. The third kappa shape index (κ3) is 7.15. The number of carboxylic acid groups (broad SMARTS) is 2. The summed E-state index contributed by atoms with van der Waals surface area (Å²) in [6.45, 7) is 0. The molecule has 170 valence electrons. The first kappa shape index (κ1) is 27.8. The fraction of sp³-hybridized carbons (Fsp3) is 0.250. The van der Waals surface area contributed by atoms with Crippen LogP contribution in [-0.4, -0.2) is 49.4 Å². The Labute approximate surface area is 209 Å². The zero-order chi connectivity index (χ0) is 22.5. The molecule has 0 radical (unpaired) electrons. The van der Waals surface area contributed by atoms with Crippen molar-refractivity contribution in [3.8, 4) is 0 Å². The molecule has 0 aliphatic heterocycles. The third-order valence-electron chi connectivity index (χ3n) is 4.78. The van der Waals surface area contributed by atoms with Crippen molar-refractivity contribution in [1.82, 2.24) is 20.3 Å². The average Bonchev–Trinajstić information content (AvgIpc) is 3.12. The van der Waals surface area contributed by atoms with E-state index in [1.807, 2.05) is 0 Å². The van der Waals surface area contributed by atoms with Crippen LogP contribution < -0.4 is 51.3 Å². The number of nitrogen functional groups attached to an aromatic ring is 1. The summed E-state index contributed by atoms with van der Waals surface area (Å²) < 4.78 is 0. The van der Waals surface area contributed by atoms with Crippen LogP contribution in [-0.2, 0) is 22.4 Å². The Hall–Kier alpha value is -3.19. The Morgan fingerprint density at radius 3 is 2.45 bits per heavy atom. The van der Waals surface area contributed by atoms with Gasteiger partial charge in [-0.15, -0.1) is 0 Å². The Bertz CT molecular complexity index is 1190. The van der Waals surface area contributed by atoms with Gasteiger partial charge in [-0.2, -0.15) is 4.98 Å². The Morgan fingerprint density at radius 2 is 1.85 bits per heavy atom. The minimum Gasteiger partial charge on any atom is -0.548 e. The van der Waals surface area contributed by atoms with E-state index in [1.54, 1.807) is 30.5 Å². The van der Waals surface area contributed by atoms with Crippen molar-refractivity contribution in [2.75, 3.05) is 5.73 Å². The molecular formula is C20H22N5NaO7. The number of hydrogen-bond donors (Lipinski definition) is 5. The number of aromatic nitrogens is 3. The summed E-state index contributed by atoms with van der Waals surface area (Å²) in [6.07, 6.45) is 2.15. The summed E-state index contributed by atoms with van der Waals surface area (Å²) >= 11 is 0. The maximum atomic E-state index is 12.3. The number of carbonyl (C=O) groups is 3. The Morgan fingerprint density at radius 1 is 1.18 bits per heavy atom. The van der Waals surface area contributed by atoms with E-state index < -0.39 is 30.3 Å². The predicted molar refractivity (Wildman–Crippen MR) is 112 cm³/mol. The van der Waals surface area contributed by atoms with Crippen LogP contribution in [0.25, 0.3) is 11.0 Å². The van der Waals surface area contributed by atoms with Gasteiger partial charge in [0.1, 0.15) is 5.65 Å². The second-order valence-electron chi connectivity index (χ2n) is 6.96. The number of aliphatic carboxylic acids is 2. The molecular weight excluding hydrogens is 445 g/mol. The van der Waals surface area contributed by atoms with Crippen LogP contribution in [0.1, 0.15) is 34.3 Å². The largest absolute Gasteiger partial charge is 1.00 e. The molecule has 2 aromatic heterocycles. The SMILES string of the molecule is Nc1nc2[nH]cc(CCc3ccc(C(=O)NC(CCC(=O)O)C(=O)[O-])cc3)c2c(=O)[nH]1.O.[Na+]. The molecule has 1 atom stereocenters. The van der Waals surface area contributed by atoms with Gasteiger partial charge in [-0.1, -0.05) is 12.1 Å². The van der Waals surface area contributed by atoms with Crippen molar-refractivity contribution in [3.05, 3.63) is 57.5 Å². The van der Waals surface area contributed by atoms with Crippen LogP contribution in [0.5, 0.6) is 0 Å². The normalized spacial score (nSPS) is 11.2. The second kappa shape index (κ2) is 12.2. The number of nitrogens with two attached hydrogens (primary N) is 1. The number of nitrogens with zero attached hydrogens (tertiary/aromatic N) is 1. The van der Waals surface area contributed by atoms with Crippen LogP contribution in [0.4, 0.5) is 5.95 Å². The number of carboxylic acids is 2. The standard InChI is InChI=1S/C20H21N5O6.Na.H2O/c21-20-24-16-15(18(29)25-20)12(9-22-16)6-3-10-1-4-11(5-2-10)17(28)23-13(19(30)31)7-8-14(26)27;;/h1-2,4-5,9,13H,3,6-8H2,(H,23,28)(H,26,27)(H,30,31)(H4,21,22,24,25,29);;1H2/q;+1;/p-1. The Kier molecular flexibility index (Phi) is 10.3. The van der Waals surface area contributed by atoms with Crippen LogP contribution in [0.2, 0.25) is 0 Å². The molecule has 0 saturated heterocycles. The number of amides is 1. The number of nitrogens with one attached hydrogen (secondary N) is 3. The van der Waals surface area contributed by atoms with Crippen molar-refractivity contribution in [2.24, 2.45) is 0 Å². The molecule has 0 saturated carbocycles. The summed E-state index contributed by atoms with van der Waals surface area (Å²) in [7, 11) is 0. The van der Waals surface area contributed by atoms with E-state index in [9.17, 15) is 24.3 Å². The zero-order valence-electron chi connectivity index (χ0n) is 17.8. The van der Waals surface area contributed by atoms with Gasteiger partial charge in [0.05, 0.1) is 17.4 Å². The van der Waals surface area contributed by atoms with Crippen molar-refractivity contribution in [3.63, 3.8) is 0 Å². The minimum atomic E-state index is -1.55.